The first-order valence-corrected chi connectivity index (χ1v) is 8.11. The molecule has 0 aliphatic carbocycles. The van der Waals surface area contributed by atoms with Gasteiger partial charge >= 0.3 is 6.03 Å². The van der Waals surface area contributed by atoms with Crippen molar-refractivity contribution in [3.05, 3.63) is 69.0 Å². The van der Waals surface area contributed by atoms with Gasteiger partial charge in [0.05, 0.1) is 10.9 Å². The van der Waals surface area contributed by atoms with Crippen LogP contribution in [0.25, 0.3) is 10.9 Å². The van der Waals surface area contributed by atoms with E-state index in [1.54, 1.807) is 18.2 Å². The number of nitrogens with one attached hydrogen (secondary N) is 2. The first kappa shape index (κ1) is 16.7. The fourth-order valence-corrected chi connectivity index (χ4v) is 2.99. The quantitative estimate of drug-likeness (QED) is 0.718. The van der Waals surface area contributed by atoms with E-state index < -0.39 is 11.6 Å². The minimum absolute atomic E-state index is 0.310. The van der Waals surface area contributed by atoms with Crippen LogP contribution in [0.3, 0.4) is 0 Å². The minimum atomic E-state index is -0.552. The third-order valence-corrected chi connectivity index (χ3v) is 4.39. The van der Waals surface area contributed by atoms with Gasteiger partial charge in [0, 0.05) is 12.1 Å². The van der Waals surface area contributed by atoms with E-state index >= 15 is 0 Å². The molecule has 1 amide bonds. The summed E-state index contributed by atoms with van der Waals surface area (Å²) >= 11 is 0. The van der Waals surface area contributed by atoms with Crippen LogP contribution in [0, 0.1) is 6.92 Å². The van der Waals surface area contributed by atoms with Gasteiger partial charge in [0.2, 0.25) is 0 Å². The van der Waals surface area contributed by atoms with Crippen molar-refractivity contribution in [2.75, 3.05) is 0 Å². The topological polar surface area (TPSA) is 84.0 Å². The number of H-pyrrole nitrogens is 1. The lowest BCUT2D eigenvalue weighted by atomic mass is 10.0. The Kier molecular flexibility index (Phi) is 4.52. The highest BCUT2D eigenvalue weighted by Gasteiger charge is 2.15. The van der Waals surface area contributed by atoms with Gasteiger partial charge < -0.3 is 5.32 Å². The Hall–Kier alpha value is -3.15. The second kappa shape index (κ2) is 6.76. The molecule has 0 unspecified atom stereocenters. The van der Waals surface area contributed by atoms with Crippen molar-refractivity contribution in [2.24, 2.45) is 0 Å². The number of hydrogen-bond donors (Lipinski definition) is 2. The average Bonchev–Trinajstić information content (AvgIpc) is 2.97. The zero-order valence-corrected chi connectivity index (χ0v) is 14.1. The third kappa shape index (κ3) is 2.98. The number of hydrogen-bond acceptors (Lipinski definition) is 3. The van der Waals surface area contributed by atoms with Gasteiger partial charge in [-0.05, 0) is 42.2 Å². The van der Waals surface area contributed by atoms with E-state index in [1.165, 1.54) is 0 Å². The maximum atomic E-state index is 12.5. The number of para-hydroxylation sites is 1. The highest BCUT2D eigenvalue weighted by atomic mass is 16.2. The molecule has 1 aromatic heterocycles. The van der Waals surface area contributed by atoms with E-state index in [-0.39, 0.29) is 0 Å². The van der Waals surface area contributed by atoms with E-state index in [1.807, 2.05) is 25.1 Å². The Balaban J connectivity index is 1.90. The van der Waals surface area contributed by atoms with Gasteiger partial charge in [0.15, 0.2) is 6.29 Å². The number of benzene rings is 2. The predicted octanol–water partition coefficient (Wildman–Crippen LogP) is 2.77. The molecule has 0 fully saturated rings. The van der Waals surface area contributed by atoms with Crippen molar-refractivity contribution in [2.45, 2.75) is 26.8 Å². The zero-order chi connectivity index (χ0) is 18.0. The number of amides is 1. The largest absolute Gasteiger partial charge is 0.343 e. The Morgan fingerprint density at radius 2 is 2.00 bits per heavy atom. The molecule has 0 bridgehead atoms. The molecule has 0 saturated heterocycles. The summed E-state index contributed by atoms with van der Waals surface area (Å²) in [7, 11) is 0. The highest BCUT2D eigenvalue weighted by molar-refractivity contribution is 5.96. The fraction of sp³-hybridized carbons (Fsp3) is 0.211. The predicted molar refractivity (Wildman–Crippen MR) is 96.1 cm³/mol. The van der Waals surface area contributed by atoms with Crippen LogP contribution in [0.2, 0.25) is 0 Å². The van der Waals surface area contributed by atoms with Gasteiger partial charge in [-0.15, -0.1) is 0 Å². The van der Waals surface area contributed by atoms with Crippen LogP contribution in [0.15, 0.2) is 41.2 Å². The zero-order valence-electron chi connectivity index (χ0n) is 14.1. The van der Waals surface area contributed by atoms with Gasteiger partial charge in [0.1, 0.15) is 0 Å². The standard InChI is InChI=1S/C19H19N3O3/c1-3-13-7-4-6-12(2)16(13)10-20-19(25)22-18(24)15-9-5-8-14(11-23)17(15)21-22/h4-9,11,21H,3,10H2,1-2H3,(H,20,25). The molecule has 25 heavy (non-hydrogen) atoms. The molecule has 6 nitrogen and oxygen atoms in total. The summed E-state index contributed by atoms with van der Waals surface area (Å²) in [5.41, 5.74) is 3.53. The number of nitrogens with zero attached hydrogens (tertiary/aromatic N) is 1. The number of aromatic nitrogens is 2. The molecule has 128 valence electrons. The first-order valence-electron chi connectivity index (χ1n) is 8.11. The summed E-state index contributed by atoms with van der Waals surface area (Å²) in [4.78, 5) is 35.9. The van der Waals surface area contributed by atoms with Crippen LogP contribution >= 0.6 is 0 Å². The Bertz CT molecular complexity index is 1010. The average molecular weight is 337 g/mol. The van der Waals surface area contributed by atoms with Gasteiger partial charge in [-0.25, -0.2) is 4.79 Å². The molecule has 0 saturated carbocycles. The number of aromatic amines is 1. The van der Waals surface area contributed by atoms with Gasteiger partial charge in [0.25, 0.3) is 5.56 Å². The van der Waals surface area contributed by atoms with Crippen LogP contribution in [0.5, 0.6) is 0 Å². The van der Waals surface area contributed by atoms with Crippen molar-refractivity contribution in [1.82, 2.24) is 15.1 Å². The Morgan fingerprint density at radius 1 is 1.24 bits per heavy atom. The van der Waals surface area contributed by atoms with E-state index in [4.69, 9.17) is 0 Å². The number of aryl methyl sites for hydroxylation is 2. The highest BCUT2D eigenvalue weighted by Crippen LogP contribution is 2.15. The molecule has 2 aromatic carbocycles. The fourth-order valence-electron chi connectivity index (χ4n) is 2.99. The second-order valence-electron chi connectivity index (χ2n) is 5.86. The second-order valence-corrected chi connectivity index (χ2v) is 5.86. The maximum absolute atomic E-state index is 12.5. The first-order chi connectivity index (χ1) is 12.1. The number of rotatable bonds is 4. The van der Waals surface area contributed by atoms with Crippen molar-refractivity contribution < 1.29 is 9.59 Å². The number of carbonyl (C=O) groups is 2. The monoisotopic (exact) mass is 337 g/mol. The number of fused-ring (bicyclic) bond motifs is 1. The molecule has 0 aliphatic rings. The molecule has 0 aliphatic heterocycles. The van der Waals surface area contributed by atoms with E-state index in [9.17, 15) is 14.4 Å². The van der Waals surface area contributed by atoms with Crippen LogP contribution in [0.1, 0.15) is 34.0 Å². The smallest absolute Gasteiger partial charge is 0.332 e. The summed E-state index contributed by atoms with van der Waals surface area (Å²) < 4.78 is 0.904. The van der Waals surface area contributed by atoms with E-state index in [2.05, 4.69) is 17.3 Å². The van der Waals surface area contributed by atoms with Gasteiger partial charge in [-0.1, -0.05) is 31.2 Å². The molecule has 2 N–H and O–H groups in total. The lowest BCUT2D eigenvalue weighted by molar-refractivity contribution is 0.112. The summed E-state index contributed by atoms with van der Waals surface area (Å²) in [5.74, 6) is 0. The molecule has 0 atom stereocenters. The van der Waals surface area contributed by atoms with Gasteiger partial charge in [-0.3, -0.25) is 14.7 Å². The van der Waals surface area contributed by atoms with Crippen molar-refractivity contribution >= 4 is 23.2 Å². The Labute approximate surface area is 144 Å². The molecular formula is C19H19N3O3. The molecule has 0 spiro atoms. The SMILES string of the molecule is CCc1cccc(C)c1CNC(=O)n1[nH]c2c(C=O)cccc2c1=O. The van der Waals surface area contributed by atoms with Crippen LogP contribution in [0.4, 0.5) is 4.79 Å². The van der Waals surface area contributed by atoms with Crippen LogP contribution < -0.4 is 10.9 Å². The molecule has 0 radical (unpaired) electrons. The van der Waals surface area contributed by atoms with Crippen molar-refractivity contribution in [1.29, 1.82) is 0 Å². The molecule has 6 heteroatoms. The molecule has 1 heterocycles. The molecule has 3 aromatic rings. The summed E-state index contributed by atoms with van der Waals surface area (Å²) in [6, 6.07) is 10.2. The van der Waals surface area contributed by atoms with Crippen LogP contribution in [-0.4, -0.2) is 22.1 Å². The lowest BCUT2D eigenvalue weighted by Gasteiger charge is -2.12. The molecular weight excluding hydrogens is 318 g/mol. The normalized spacial score (nSPS) is 10.8. The van der Waals surface area contributed by atoms with Gasteiger partial charge in [-0.2, -0.15) is 4.68 Å². The number of aldehydes is 1. The maximum Gasteiger partial charge on any atom is 0.343 e. The van der Waals surface area contributed by atoms with Crippen molar-refractivity contribution in [3.63, 3.8) is 0 Å². The Morgan fingerprint density at radius 3 is 2.72 bits per heavy atom. The third-order valence-electron chi connectivity index (χ3n) is 4.39. The van der Waals surface area contributed by atoms with Crippen molar-refractivity contribution in [3.8, 4) is 0 Å². The van der Waals surface area contributed by atoms with E-state index in [0.29, 0.717) is 29.3 Å². The van der Waals surface area contributed by atoms with Crippen LogP contribution in [-0.2, 0) is 13.0 Å². The summed E-state index contributed by atoms with van der Waals surface area (Å²) in [6.07, 6.45) is 1.52. The lowest BCUT2D eigenvalue weighted by Crippen LogP contribution is -2.35. The molecule has 3 rings (SSSR count). The van der Waals surface area contributed by atoms with E-state index in [0.717, 1.165) is 27.8 Å². The number of carbonyl (C=O) groups excluding carboxylic acids is 2. The summed E-state index contributed by atoms with van der Waals surface area (Å²) in [6.45, 7) is 4.38. The summed E-state index contributed by atoms with van der Waals surface area (Å²) in [5, 5.41) is 5.81. The minimum Gasteiger partial charge on any atom is -0.332 e.